The average Bonchev–Trinajstić information content (AvgIpc) is 2.27. The number of nitrogens with one attached hydrogen (secondary N) is 1. The summed E-state index contributed by atoms with van der Waals surface area (Å²) in [6.45, 7) is 5.82. The first-order valence-corrected chi connectivity index (χ1v) is 4.97. The van der Waals surface area contributed by atoms with Crippen molar-refractivity contribution in [3.8, 4) is 0 Å². The van der Waals surface area contributed by atoms with Crippen LogP contribution in [0.15, 0.2) is 43.2 Å². The van der Waals surface area contributed by atoms with E-state index in [1.807, 2.05) is 24.3 Å². The average molecular weight is 217 g/mol. The molecule has 3 heteroatoms. The molecular formula is C13H15NO2. The van der Waals surface area contributed by atoms with Crippen LogP contribution in [0.5, 0.6) is 0 Å². The van der Waals surface area contributed by atoms with E-state index in [1.54, 1.807) is 0 Å². The molecule has 0 spiro atoms. The molecule has 1 aromatic rings. The summed E-state index contributed by atoms with van der Waals surface area (Å²) in [5.74, 6) is -0.0447. The zero-order chi connectivity index (χ0) is 12.0. The molecule has 2 N–H and O–H groups in total. The van der Waals surface area contributed by atoms with Crippen molar-refractivity contribution < 1.29 is 9.90 Å². The van der Waals surface area contributed by atoms with Crippen LogP contribution in [0.4, 0.5) is 0 Å². The van der Waals surface area contributed by atoms with Gasteiger partial charge in [-0.15, -0.1) is 0 Å². The number of hydrogen-bond acceptors (Lipinski definition) is 2. The molecule has 84 valence electrons. The topological polar surface area (TPSA) is 49.3 Å². The molecule has 1 aromatic carbocycles. The quantitative estimate of drug-likeness (QED) is 0.601. The summed E-state index contributed by atoms with van der Waals surface area (Å²) in [6, 6.07) is 7.64. The molecule has 1 rings (SSSR count). The Labute approximate surface area is 95.1 Å². The predicted octanol–water partition coefficient (Wildman–Crippen LogP) is 2.41. The summed E-state index contributed by atoms with van der Waals surface area (Å²) in [4.78, 5) is 10.7. The molecule has 1 amide bonds. The van der Waals surface area contributed by atoms with Gasteiger partial charge in [-0.2, -0.15) is 0 Å². The first-order chi connectivity index (χ1) is 7.63. The standard InChI is InChI=1S/C13H15NO2/c1-10(7-8-15)13-5-3-12(4-6-13)9-14-11(2)16/h3-8,15H,1,9H2,2H3,(H,14,16)/b8-7-. The Kier molecular flexibility index (Phi) is 4.33. The molecule has 3 nitrogen and oxygen atoms in total. The largest absolute Gasteiger partial charge is 0.516 e. The van der Waals surface area contributed by atoms with Crippen LogP contribution in [0.3, 0.4) is 0 Å². The lowest BCUT2D eigenvalue weighted by molar-refractivity contribution is -0.119. The highest BCUT2D eigenvalue weighted by Crippen LogP contribution is 2.14. The molecule has 0 saturated heterocycles. The third-order valence-electron chi connectivity index (χ3n) is 2.14. The number of amides is 1. The van der Waals surface area contributed by atoms with Gasteiger partial charge in [-0.25, -0.2) is 0 Å². The third kappa shape index (κ3) is 3.61. The van der Waals surface area contributed by atoms with Gasteiger partial charge in [-0.1, -0.05) is 30.8 Å². The molecule has 0 aliphatic carbocycles. The van der Waals surface area contributed by atoms with Gasteiger partial charge in [0.15, 0.2) is 0 Å². The van der Waals surface area contributed by atoms with E-state index >= 15 is 0 Å². The molecule has 0 bridgehead atoms. The van der Waals surface area contributed by atoms with Gasteiger partial charge in [-0.3, -0.25) is 4.79 Å². The van der Waals surface area contributed by atoms with E-state index in [-0.39, 0.29) is 5.91 Å². The second kappa shape index (κ2) is 5.75. The number of allylic oxidation sites excluding steroid dienone is 2. The Morgan fingerprint density at radius 3 is 2.56 bits per heavy atom. The van der Waals surface area contributed by atoms with Gasteiger partial charge in [0, 0.05) is 13.5 Å². The summed E-state index contributed by atoms with van der Waals surface area (Å²) < 4.78 is 0. The Bertz CT molecular complexity index is 404. The van der Waals surface area contributed by atoms with Crippen molar-refractivity contribution in [3.05, 3.63) is 54.3 Å². The van der Waals surface area contributed by atoms with Gasteiger partial charge < -0.3 is 10.4 Å². The fourth-order valence-corrected chi connectivity index (χ4v) is 1.25. The van der Waals surface area contributed by atoms with Crippen LogP contribution < -0.4 is 5.32 Å². The zero-order valence-electron chi connectivity index (χ0n) is 9.23. The SMILES string of the molecule is C=C(/C=C\O)c1ccc(CNC(C)=O)cc1. The molecule has 0 unspecified atom stereocenters. The van der Waals surface area contributed by atoms with E-state index in [4.69, 9.17) is 5.11 Å². The summed E-state index contributed by atoms with van der Waals surface area (Å²) >= 11 is 0. The lowest BCUT2D eigenvalue weighted by Crippen LogP contribution is -2.18. The molecule has 0 atom stereocenters. The van der Waals surface area contributed by atoms with Gasteiger partial charge in [-0.05, 0) is 22.8 Å². The maximum Gasteiger partial charge on any atom is 0.217 e. The Morgan fingerprint density at radius 2 is 2.06 bits per heavy atom. The summed E-state index contributed by atoms with van der Waals surface area (Å²) in [6.07, 6.45) is 2.50. The molecule has 0 radical (unpaired) electrons. The van der Waals surface area contributed by atoms with Crippen LogP contribution in [0.2, 0.25) is 0 Å². The maximum absolute atomic E-state index is 10.7. The number of benzene rings is 1. The van der Waals surface area contributed by atoms with Crippen LogP contribution in [-0.4, -0.2) is 11.0 Å². The Balaban J connectivity index is 2.67. The highest BCUT2D eigenvalue weighted by Gasteiger charge is 1.97. The lowest BCUT2D eigenvalue weighted by atomic mass is 10.1. The monoisotopic (exact) mass is 217 g/mol. The van der Waals surface area contributed by atoms with E-state index in [1.165, 1.54) is 13.0 Å². The Morgan fingerprint density at radius 1 is 1.44 bits per heavy atom. The zero-order valence-corrected chi connectivity index (χ0v) is 9.23. The number of aliphatic hydroxyl groups is 1. The second-order valence-corrected chi connectivity index (χ2v) is 3.45. The number of rotatable bonds is 4. The smallest absolute Gasteiger partial charge is 0.217 e. The minimum atomic E-state index is -0.0447. The lowest BCUT2D eigenvalue weighted by Gasteiger charge is -2.04. The number of hydrogen-bond donors (Lipinski definition) is 2. The normalized spacial score (nSPS) is 10.3. The minimum absolute atomic E-state index is 0.0447. The Hall–Kier alpha value is -2.03. The van der Waals surface area contributed by atoms with E-state index < -0.39 is 0 Å². The van der Waals surface area contributed by atoms with Crippen molar-refractivity contribution >= 4 is 11.5 Å². The van der Waals surface area contributed by atoms with Crippen molar-refractivity contribution in [1.82, 2.24) is 5.32 Å². The van der Waals surface area contributed by atoms with Gasteiger partial charge in [0.2, 0.25) is 5.91 Å². The van der Waals surface area contributed by atoms with Crippen LogP contribution >= 0.6 is 0 Å². The van der Waals surface area contributed by atoms with Gasteiger partial charge in [0.1, 0.15) is 0 Å². The van der Waals surface area contributed by atoms with Gasteiger partial charge >= 0.3 is 0 Å². The van der Waals surface area contributed by atoms with E-state index in [2.05, 4.69) is 11.9 Å². The first kappa shape index (κ1) is 12.0. The fraction of sp³-hybridized carbons (Fsp3) is 0.154. The minimum Gasteiger partial charge on any atom is -0.516 e. The fourth-order valence-electron chi connectivity index (χ4n) is 1.25. The molecule has 0 saturated carbocycles. The van der Waals surface area contributed by atoms with Crippen LogP contribution in [0.1, 0.15) is 18.1 Å². The molecule has 0 aromatic heterocycles. The second-order valence-electron chi connectivity index (χ2n) is 3.45. The van der Waals surface area contributed by atoms with Crippen molar-refractivity contribution in [2.75, 3.05) is 0 Å². The molecule has 0 fully saturated rings. The molecule has 0 aliphatic rings. The van der Waals surface area contributed by atoms with Gasteiger partial charge in [0.25, 0.3) is 0 Å². The number of aliphatic hydroxyl groups excluding tert-OH is 1. The van der Waals surface area contributed by atoms with Gasteiger partial charge in [0.05, 0.1) is 6.26 Å². The van der Waals surface area contributed by atoms with Crippen LogP contribution in [-0.2, 0) is 11.3 Å². The highest BCUT2D eigenvalue weighted by molar-refractivity contribution is 5.73. The molecule has 0 aliphatic heterocycles. The van der Waals surface area contributed by atoms with E-state index in [0.717, 1.165) is 23.0 Å². The van der Waals surface area contributed by atoms with E-state index in [9.17, 15) is 4.79 Å². The molecule has 16 heavy (non-hydrogen) atoms. The summed E-state index contributed by atoms with van der Waals surface area (Å²) in [7, 11) is 0. The molecular weight excluding hydrogens is 202 g/mol. The highest BCUT2D eigenvalue weighted by atomic mass is 16.2. The number of carbonyl (C=O) groups is 1. The summed E-state index contributed by atoms with van der Waals surface area (Å²) in [5, 5.41) is 11.3. The summed E-state index contributed by atoms with van der Waals surface area (Å²) in [5.41, 5.74) is 2.71. The van der Waals surface area contributed by atoms with Crippen molar-refractivity contribution in [2.24, 2.45) is 0 Å². The van der Waals surface area contributed by atoms with Crippen LogP contribution in [0.25, 0.3) is 5.57 Å². The van der Waals surface area contributed by atoms with E-state index in [0.29, 0.717) is 6.54 Å². The number of carbonyl (C=O) groups excluding carboxylic acids is 1. The third-order valence-corrected chi connectivity index (χ3v) is 2.14. The van der Waals surface area contributed by atoms with Crippen molar-refractivity contribution in [1.29, 1.82) is 0 Å². The maximum atomic E-state index is 10.7. The predicted molar refractivity (Wildman–Crippen MR) is 64.8 cm³/mol. The van der Waals surface area contributed by atoms with Crippen LogP contribution in [0, 0.1) is 0 Å². The van der Waals surface area contributed by atoms with Crippen molar-refractivity contribution in [2.45, 2.75) is 13.5 Å². The first-order valence-electron chi connectivity index (χ1n) is 4.97. The molecule has 0 heterocycles. The van der Waals surface area contributed by atoms with Crippen molar-refractivity contribution in [3.63, 3.8) is 0 Å².